The van der Waals surface area contributed by atoms with Gasteiger partial charge in [0.2, 0.25) is 11.8 Å². The molecule has 0 radical (unpaired) electrons. The van der Waals surface area contributed by atoms with E-state index in [-0.39, 0.29) is 23.4 Å². The molecule has 7 nitrogen and oxygen atoms in total. The van der Waals surface area contributed by atoms with E-state index in [9.17, 15) is 18.0 Å². The van der Waals surface area contributed by atoms with Crippen LogP contribution < -0.4 is 9.62 Å². The normalized spacial score (nSPS) is 12.8. The van der Waals surface area contributed by atoms with Gasteiger partial charge in [-0.1, -0.05) is 67.9 Å². The summed E-state index contributed by atoms with van der Waals surface area (Å²) in [6, 6.07) is 19.6. The molecule has 0 aromatic heterocycles. The third kappa shape index (κ3) is 7.43. The average molecular weight is 584 g/mol. The van der Waals surface area contributed by atoms with Crippen LogP contribution >= 0.6 is 11.6 Å². The van der Waals surface area contributed by atoms with Crippen LogP contribution in [0.1, 0.15) is 50.3 Å². The lowest BCUT2D eigenvalue weighted by atomic mass is 10.1. The van der Waals surface area contributed by atoms with Gasteiger partial charge in [0.15, 0.2) is 0 Å². The number of carbonyl (C=O) groups is 2. The molecule has 0 saturated carbocycles. The summed E-state index contributed by atoms with van der Waals surface area (Å²) in [5.41, 5.74) is 2.84. The molecule has 214 valence electrons. The highest BCUT2D eigenvalue weighted by Gasteiger charge is 2.34. The van der Waals surface area contributed by atoms with Gasteiger partial charge in [-0.05, 0) is 80.6 Å². The van der Waals surface area contributed by atoms with Gasteiger partial charge in [-0.25, -0.2) is 8.42 Å². The van der Waals surface area contributed by atoms with E-state index in [2.05, 4.69) is 5.32 Å². The van der Waals surface area contributed by atoms with Crippen LogP contribution in [0.25, 0.3) is 0 Å². The first-order chi connectivity index (χ1) is 19.0. The molecule has 3 aromatic rings. The lowest BCUT2D eigenvalue weighted by Gasteiger charge is -2.34. The molecule has 2 atom stereocenters. The topological polar surface area (TPSA) is 86.8 Å². The van der Waals surface area contributed by atoms with E-state index < -0.39 is 28.5 Å². The lowest BCUT2D eigenvalue weighted by Crippen LogP contribution is -2.53. The first kappa shape index (κ1) is 31.2. The number of nitrogens with zero attached hydrogens (tertiary/aromatic N) is 2. The predicted octanol–water partition coefficient (Wildman–Crippen LogP) is 5.87. The van der Waals surface area contributed by atoms with Crippen LogP contribution in [-0.4, -0.2) is 43.8 Å². The first-order valence-corrected chi connectivity index (χ1v) is 15.3. The van der Waals surface area contributed by atoms with Crippen LogP contribution in [0.2, 0.25) is 5.02 Å². The Morgan fingerprint density at radius 3 is 2.15 bits per heavy atom. The van der Waals surface area contributed by atoms with Crippen LogP contribution in [0.3, 0.4) is 0 Å². The number of benzene rings is 3. The van der Waals surface area contributed by atoms with Gasteiger partial charge in [-0.15, -0.1) is 0 Å². The van der Waals surface area contributed by atoms with Crippen molar-refractivity contribution in [1.82, 2.24) is 10.2 Å². The van der Waals surface area contributed by atoms with E-state index in [1.807, 2.05) is 40.7 Å². The molecular weight excluding hydrogens is 546 g/mol. The van der Waals surface area contributed by atoms with Gasteiger partial charge in [0.25, 0.3) is 10.0 Å². The summed E-state index contributed by atoms with van der Waals surface area (Å²) in [4.78, 5) is 29.0. The standard InChI is InChI=1S/C31H38ClN3O4S/c1-6-23(4)33-31(37)28(7-2)34(20-25-16-18-26(32)19-17-25)30(36)21-35(29-15-11-12-22(3)24(29)5)40(38,39)27-13-9-8-10-14-27/h8-19,23,28H,6-7,20-21H2,1-5H3,(H,33,37)/t23-,28+/m0/s1. The molecule has 0 bridgehead atoms. The van der Waals surface area contributed by atoms with Crippen LogP contribution in [-0.2, 0) is 26.2 Å². The summed E-state index contributed by atoms with van der Waals surface area (Å²) < 4.78 is 29.1. The average Bonchev–Trinajstić information content (AvgIpc) is 2.94. The summed E-state index contributed by atoms with van der Waals surface area (Å²) in [5.74, 6) is -0.759. The van der Waals surface area contributed by atoms with Gasteiger partial charge in [0, 0.05) is 17.6 Å². The lowest BCUT2D eigenvalue weighted by molar-refractivity contribution is -0.140. The highest BCUT2D eigenvalue weighted by atomic mass is 35.5. The van der Waals surface area contributed by atoms with Crippen molar-refractivity contribution in [3.05, 3.63) is 94.5 Å². The van der Waals surface area contributed by atoms with E-state index in [1.54, 1.807) is 54.6 Å². The van der Waals surface area contributed by atoms with Gasteiger partial charge < -0.3 is 10.2 Å². The van der Waals surface area contributed by atoms with Gasteiger partial charge in [-0.3, -0.25) is 13.9 Å². The maximum Gasteiger partial charge on any atom is 0.264 e. The third-order valence-electron chi connectivity index (χ3n) is 7.11. The predicted molar refractivity (Wildman–Crippen MR) is 161 cm³/mol. The van der Waals surface area contributed by atoms with Gasteiger partial charge in [0.05, 0.1) is 10.6 Å². The summed E-state index contributed by atoms with van der Waals surface area (Å²) in [7, 11) is -4.11. The Balaban J connectivity index is 2.08. The highest BCUT2D eigenvalue weighted by Crippen LogP contribution is 2.29. The second kappa shape index (κ2) is 13.8. The summed E-state index contributed by atoms with van der Waals surface area (Å²) >= 11 is 6.08. The molecule has 0 aliphatic heterocycles. The molecule has 0 fully saturated rings. The molecule has 1 N–H and O–H groups in total. The van der Waals surface area contributed by atoms with E-state index >= 15 is 0 Å². The minimum absolute atomic E-state index is 0.0704. The van der Waals surface area contributed by atoms with E-state index in [4.69, 9.17) is 11.6 Å². The second-order valence-electron chi connectivity index (χ2n) is 9.93. The SMILES string of the molecule is CC[C@H](C(=O)N[C@@H](C)CC)N(Cc1ccc(Cl)cc1)C(=O)CN(c1cccc(C)c1C)S(=O)(=O)c1ccccc1. The number of sulfonamides is 1. The first-order valence-electron chi connectivity index (χ1n) is 13.5. The Kier molecular flexibility index (Phi) is 10.8. The van der Waals surface area contributed by atoms with Crippen LogP contribution in [0.5, 0.6) is 0 Å². The number of hydrogen-bond donors (Lipinski definition) is 1. The zero-order chi connectivity index (χ0) is 29.4. The number of hydrogen-bond acceptors (Lipinski definition) is 4. The van der Waals surface area contributed by atoms with Crippen LogP contribution in [0.4, 0.5) is 5.69 Å². The summed E-state index contributed by atoms with van der Waals surface area (Å²) in [6.45, 7) is 9.10. The molecule has 0 aliphatic rings. The molecule has 3 rings (SSSR count). The minimum Gasteiger partial charge on any atom is -0.352 e. The van der Waals surface area contributed by atoms with E-state index in [1.165, 1.54) is 17.0 Å². The molecular formula is C31H38ClN3O4S. The molecule has 0 saturated heterocycles. The van der Waals surface area contributed by atoms with Gasteiger partial charge >= 0.3 is 0 Å². The van der Waals surface area contributed by atoms with Crippen molar-refractivity contribution >= 4 is 39.1 Å². The zero-order valence-electron chi connectivity index (χ0n) is 23.7. The zero-order valence-corrected chi connectivity index (χ0v) is 25.3. The highest BCUT2D eigenvalue weighted by molar-refractivity contribution is 7.92. The van der Waals surface area contributed by atoms with Gasteiger partial charge in [-0.2, -0.15) is 0 Å². The molecule has 2 amide bonds. The third-order valence-corrected chi connectivity index (χ3v) is 9.13. The number of rotatable bonds is 12. The molecule has 3 aromatic carbocycles. The molecule has 40 heavy (non-hydrogen) atoms. The molecule has 9 heteroatoms. The number of anilines is 1. The molecule has 0 spiro atoms. The fourth-order valence-corrected chi connectivity index (χ4v) is 6.00. The quantitative estimate of drug-likeness (QED) is 0.289. The molecule has 0 unspecified atom stereocenters. The van der Waals surface area contributed by atoms with Crippen molar-refractivity contribution in [2.75, 3.05) is 10.8 Å². The maximum atomic E-state index is 14.1. The van der Waals surface area contributed by atoms with Crippen molar-refractivity contribution in [2.24, 2.45) is 0 Å². The Morgan fingerprint density at radius 1 is 0.900 bits per heavy atom. The Hall–Kier alpha value is -3.36. The molecule has 0 aliphatic carbocycles. The Morgan fingerprint density at radius 2 is 1.55 bits per heavy atom. The summed E-state index contributed by atoms with van der Waals surface area (Å²) in [6.07, 6.45) is 1.10. The van der Waals surface area contributed by atoms with Crippen molar-refractivity contribution in [1.29, 1.82) is 0 Å². The number of aryl methyl sites for hydroxylation is 1. The largest absolute Gasteiger partial charge is 0.352 e. The van der Waals surface area contributed by atoms with Crippen LogP contribution in [0.15, 0.2) is 77.7 Å². The van der Waals surface area contributed by atoms with Gasteiger partial charge in [0.1, 0.15) is 12.6 Å². The fourth-order valence-electron chi connectivity index (χ4n) is 4.39. The number of amides is 2. The fraction of sp³-hybridized carbons (Fsp3) is 0.355. The van der Waals surface area contributed by atoms with Crippen LogP contribution in [0, 0.1) is 13.8 Å². The smallest absolute Gasteiger partial charge is 0.264 e. The van der Waals surface area contributed by atoms with Crippen molar-refractivity contribution in [3.63, 3.8) is 0 Å². The Labute approximate surface area is 243 Å². The molecule has 0 heterocycles. The van der Waals surface area contributed by atoms with Crippen molar-refractivity contribution in [3.8, 4) is 0 Å². The minimum atomic E-state index is -4.11. The monoisotopic (exact) mass is 583 g/mol. The maximum absolute atomic E-state index is 14.1. The second-order valence-corrected chi connectivity index (χ2v) is 12.2. The number of nitrogens with one attached hydrogen (secondary N) is 1. The number of halogens is 1. The number of carbonyl (C=O) groups excluding carboxylic acids is 2. The van der Waals surface area contributed by atoms with E-state index in [0.717, 1.165) is 27.4 Å². The Bertz CT molecular complexity index is 1410. The summed E-state index contributed by atoms with van der Waals surface area (Å²) in [5, 5.41) is 3.54. The van der Waals surface area contributed by atoms with E-state index in [0.29, 0.717) is 17.1 Å². The van der Waals surface area contributed by atoms with Crippen molar-refractivity contribution in [2.45, 2.75) is 71.0 Å². The van der Waals surface area contributed by atoms with Crippen molar-refractivity contribution < 1.29 is 18.0 Å².